The van der Waals surface area contributed by atoms with Gasteiger partial charge in [-0.1, -0.05) is 341 Å². The molecule has 6 nitrogen and oxygen atoms in total. The van der Waals surface area contributed by atoms with Gasteiger partial charge in [-0.05, 0) is 25.7 Å². The maximum Gasteiger partial charge on any atom is 0.305 e. The molecule has 71 heavy (non-hydrogen) atoms. The van der Waals surface area contributed by atoms with E-state index in [0.717, 1.165) is 38.5 Å². The summed E-state index contributed by atoms with van der Waals surface area (Å²) >= 11 is 0. The van der Waals surface area contributed by atoms with E-state index in [1.165, 1.54) is 308 Å². The Bertz CT molecular complexity index is 1020. The average Bonchev–Trinajstić information content (AvgIpc) is 3.37. The Kier molecular flexibility index (Phi) is 60.4. The number of hydrogen-bond donors (Lipinski definition) is 3. The van der Waals surface area contributed by atoms with E-state index in [9.17, 15) is 19.8 Å². The molecule has 0 aromatic carbocycles. The van der Waals surface area contributed by atoms with Crippen LogP contribution < -0.4 is 5.32 Å². The summed E-state index contributed by atoms with van der Waals surface area (Å²) in [7, 11) is 0. The zero-order chi connectivity index (χ0) is 51.4. The minimum absolute atomic E-state index is 0.0142. The molecule has 2 unspecified atom stereocenters. The first-order chi connectivity index (χ1) is 35.0. The second-order valence-corrected chi connectivity index (χ2v) is 22.8. The highest BCUT2D eigenvalue weighted by Gasteiger charge is 2.20. The molecular weight excluding hydrogens is 875 g/mol. The first-order valence-electron chi connectivity index (χ1n) is 32.8. The van der Waals surface area contributed by atoms with Crippen LogP contribution in [-0.4, -0.2) is 47.4 Å². The van der Waals surface area contributed by atoms with Crippen LogP contribution in [0.3, 0.4) is 0 Å². The number of aliphatic hydroxyl groups excluding tert-OH is 2. The summed E-state index contributed by atoms with van der Waals surface area (Å²) in [5.41, 5.74) is 0. The molecule has 0 bridgehead atoms. The number of rotatable bonds is 62. The van der Waals surface area contributed by atoms with Crippen molar-refractivity contribution >= 4 is 11.9 Å². The molecule has 0 heterocycles. The molecule has 0 radical (unpaired) electrons. The fourth-order valence-corrected chi connectivity index (χ4v) is 10.6. The zero-order valence-electron chi connectivity index (χ0n) is 48.5. The fraction of sp³-hybridized carbons (Fsp3) is 0.969. The average molecular weight is 1000 g/mol. The summed E-state index contributed by atoms with van der Waals surface area (Å²) in [5, 5.41) is 23.4. The molecule has 2 atom stereocenters. The SMILES string of the molecule is CCCCCCCCCCCCCCCCCCCCCCCC(O)C(CO)NC(=O)CCCCCCCCCCCCCCCCCCCCCCCCOC(=O)CCCCCCCCCCCCC. The third-order valence-electron chi connectivity index (χ3n) is 15.7. The minimum atomic E-state index is -0.664. The Morgan fingerprint density at radius 2 is 0.577 bits per heavy atom. The van der Waals surface area contributed by atoms with Gasteiger partial charge in [-0.2, -0.15) is 0 Å². The maximum atomic E-state index is 12.5. The van der Waals surface area contributed by atoms with E-state index in [1.807, 2.05) is 0 Å². The van der Waals surface area contributed by atoms with Crippen molar-refractivity contribution in [3.63, 3.8) is 0 Å². The van der Waals surface area contributed by atoms with Gasteiger partial charge in [-0.25, -0.2) is 0 Å². The summed E-state index contributed by atoms with van der Waals surface area (Å²) in [6.07, 6.45) is 72.7. The lowest BCUT2D eigenvalue weighted by Crippen LogP contribution is -2.45. The highest BCUT2D eigenvalue weighted by atomic mass is 16.5. The predicted octanol–water partition coefficient (Wildman–Crippen LogP) is 20.6. The van der Waals surface area contributed by atoms with Crippen LogP contribution in [0.25, 0.3) is 0 Å². The number of esters is 1. The number of hydrogen-bond acceptors (Lipinski definition) is 5. The van der Waals surface area contributed by atoms with E-state index in [4.69, 9.17) is 4.74 Å². The van der Waals surface area contributed by atoms with Crippen molar-refractivity contribution in [2.24, 2.45) is 0 Å². The van der Waals surface area contributed by atoms with E-state index >= 15 is 0 Å². The van der Waals surface area contributed by atoms with Gasteiger partial charge in [0, 0.05) is 12.8 Å². The van der Waals surface area contributed by atoms with Gasteiger partial charge < -0.3 is 20.3 Å². The molecule has 0 aliphatic carbocycles. The van der Waals surface area contributed by atoms with Crippen molar-refractivity contribution < 1.29 is 24.5 Å². The van der Waals surface area contributed by atoms with E-state index in [2.05, 4.69) is 19.2 Å². The molecule has 6 heteroatoms. The molecule has 424 valence electrons. The summed E-state index contributed by atoms with van der Waals surface area (Å²) in [6.45, 7) is 4.99. The molecule has 0 aromatic heterocycles. The van der Waals surface area contributed by atoms with Crippen LogP contribution in [-0.2, 0) is 14.3 Å². The largest absolute Gasteiger partial charge is 0.466 e. The lowest BCUT2D eigenvalue weighted by atomic mass is 10.0. The van der Waals surface area contributed by atoms with Crippen LogP contribution in [0.5, 0.6) is 0 Å². The number of carbonyl (C=O) groups excluding carboxylic acids is 2. The summed E-state index contributed by atoms with van der Waals surface area (Å²) in [4.78, 5) is 24.5. The third-order valence-corrected chi connectivity index (χ3v) is 15.7. The van der Waals surface area contributed by atoms with Crippen molar-refractivity contribution in [1.82, 2.24) is 5.32 Å². The summed E-state index contributed by atoms with van der Waals surface area (Å²) in [6, 6.07) is -0.541. The monoisotopic (exact) mass is 1000 g/mol. The Morgan fingerprint density at radius 1 is 0.338 bits per heavy atom. The molecule has 0 spiro atoms. The van der Waals surface area contributed by atoms with Gasteiger partial charge in [0.2, 0.25) is 5.91 Å². The minimum Gasteiger partial charge on any atom is -0.466 e. The van der Waals surface area contributed by atoms with Crippen molar-refractivity contribution in [3.05, 3.63) is 0 Å². The number of unbranched alkanes of at least 4 members (excludes halogenated alkanes) is 51. The van der Waals surface area contributed by atoms with Crippen molar-refractivity contribution in [2.45, 2.75) is 392 Å². The number of carbonyl (C=O) groups is 2. The van der Waals surface area contributed by atoms with Crippen molar-refractivity contribution in [1.29, 1.82) is 0 Å². The number of amides is 1. The van der Waals surface area contributed by atoms with Crippen LogP contribution >= 0.6 is 0 Å². The molecule has 0 aliphatic rings. The smallest absolute Gasteiger partial charge is 0.305 e. The van der Waals surface area contributed by atoms with Gasteiger partial charge in [-0.15, -0.1) is 0 Å². The molecule has 0 rings (SSSR count). The molecule has 0 saturated carbocycles. The summed E-state index contributed by atoms with van der Waals surface area (Å²) < 4.78 is 5.47. The molecule has 0 aliphatic heterocycles. The normalized spacial score (nSPS) is 12.5. The van der Waals surface area contributed by atoms with Gasteiger partial charge in [0.15, 0.2) is 0 Å². The highest BCUT2D eigenvalue weighted by molar-refractivity contribution is 5.76. The van der Waals surface area contributed by atoms with Gasteiger partial charge in [0.05, 0.1) is 25.4 Å². The van der Waals surface area contributed by atoms with Gasteiger partial charge in [-0.3, -0.25) is 9.59 Å². The van der Waals surface area contributed by atoms with Crippen LogP contribution in [0.4, 0.5) is 0 Å². The second kappa shape index (κ2) is 61.4. The van der Waals surface area contributed by atoms with Gasteiger partial charge >= 0.3 is 5.97 Å². The Morgan fingerprint density at radius 3 is 0.859 bits per heavy atom. The first-order valence-corrected chi connectivity index (χ1v) is 32.8. The van der Waals surface area contributed by atoms with Crippen LogP contribution in [0.2, 0.25) is 0 Å². The van der Waals surface area contributed by atoms with Gasteiger partial charge in [0.25, 0.3) is 0 Å². The predicted molar refractivity (Wildman–Crippen MR) is 310 cm³/mol. The van der Waals surface area contributed by atoms with E-state index in [1.54, 1.807) is 0 Å². The number of aliphatic hydroxyl groups is 2. The lowest BCUT2D eigenvalue weighted by Gasteiger charge is -2.22. The van der Waals surface area contributed by atoms with Crippen LogP contribution in [0.15, 0.2) is 0 Å². The Balaban J connectivity index is 3.38. The van der Waals surface area contributed by atoms with E-state index in [0.29, 0.717) is 25.9 Å². The van der Waals surface area contributed by atoms with Crippen molar-refractivity contribution in [3.8, 4) is 0 Å². The van der Waals surface area contributed by atoms with Crippen molar-refractivity contribution in [2.75, 3.05) is 13.2 Å². The molecule has 1 amide bonds. The quantitative estimate of drug-likeness (QED) is 0.0417. The zero-order valence-corrected chi connectivity index (χ0v) is 48.5. The second-order valence-electron chi connectivity index (χ2n) is 22.8. The molecule has 0 saturated heterocycles. The highest BCUT2D eigenvalue weighted by Crippen LogP contribution is 2.19. The molecule has 3 N–H and O–H groups in total. The fourth-order valence-electron chi connectivity index (χ4n) is 10.6. The van der Waals surface area contributed by atoms with Crippen LogP contribution in [0.1, 0.15) is 380 Å². The summed E-state index contributed by atoms with van der Waals surface area (Å²) in [5.74, 6) is -0.0159. The van der Waals surface area contributed by atoms with E-state index in [-0.39, 0.29) is 18.5 Å². The van der Waals surface area contributed by atoms with Crippen LogP contribution in [0, 0.1) is 0 Å². The number of nitrogens with one attached hydrogen (secondary N) is 1. The standard InChI is InChI=1S/C65H129NO5/c1-3-5-7-9-11-13-15-16-17-18-19-22-25-28-31-34-38-41-45-49-53-57-63(68)62(61-67)66-64(69)58-54-50-46-42-39-35-32-29-26-23-20-21-24-27-30-33-36-40-44-48-52-56-60-71-65(70)59-55-51-47-43-37-14-12-10-8-6-4-2/h62-63,67-68H,3-61H2,1-2H3,(H,66,69). The Hall–Kier alpha value is -1.14. The number of ether oxygens (including phenoxy) is 1. The molecule has 0 fully saturated rings. The molecular formula is C65H129NO5. The lowest BCUT2D eigenvalue weighted by molar-refractivity contribution is -0.143. The first kappa shape index (κ1) is 69.9. The van der Waals surface area contributed by atoms with E-state index < -0.39 is 12.1 Å². The Labute approximate surface area is 445 Å². The van der Waals surface area contributed by atoms with Gasteiger partial charge in [0.1, 0.15) is 0 Å². The third kappa shape index (κ3) is 58.0. The topological polar surface area (TPSA) is 95.9 Å². The molecule has 0 aromatic rings. The maximum absolute atomic E-state index is 12.5.